The molecule has 0 unspecified atom stereocenters. The zero-order valence-corrected chi connectivity index (χ0v) is 31.3. The Morgan fingerprint density at radius 1 is 0.981 bits per heavy atom. The van der Waals surface area contributed by atoms with Crippen molar-refractivity contribution in [3.8, 4) is 17.2 Å². The Morgan fingerprint density at radius 2 is 1.72 bits per heavy atom. The molecule has 2 fully saturated rings. The molecule has 4 N–H and O–H groups in total. The van der Waals surface area contributed by atoms with Crippen molar-refractivity contribution < 1.29 is 38.1 Å². The summed E-state index contributed by atoms with van der Waals surface area (Å²) in [6, 6.07) is 19.6. The summed E-state index contributed by atoms with van der Waals surface area (Å²) in [5.74, 6) is -2.28. The van der Waals surface area contributed by atoms with Gasteiger partial charge in [-0.3, -0.25) is 9.59 Å². The van der Waals surface area contributed by atoms with Gasteiger partial charge in [-0.2, -0.15) is 0 Å². The smallest absolute Gasteiger partial charge is 0.262 e. The number of carbonyl (C=O) groups is 2. The Kier molecular flexibility index (Phi) is 13.1. The van der Waals surface area contributed by atoms with E-state index in [1.165, 1.54) is 11.6 Å². The van der Waals surface area contributed by atoms with Crippen LogP contribution in [0.4, 0.5) is 14.5 Å². The number of piperidine rings is 1. The Hall–Kier alpha value is -4.26. The van der Waals surface area contributed by atoms with Crippen LogP contribution in [0.3, 0.4) is 0 Å². The normalized spacial score (nSPS) is 18.4. The van der Waals surface area contributed by atoms with Crippen LogP contribution in [0.25, 0.3) is 0 Å². The van der Waals surface area contributed by atoms with Gasteiger partial charge >= 0.3 is 0 Å². The van der Waals surface area contributed by atoms with Crippen LogP contribution in [0.1, 0.15) is 67.2 Å². The average molecular weight is 749 g/mol. The standard InChI is InChI=1S/C42H54F2N4O6/c1-47-22-18-41(19-23-47,33-5-3-2-4-6-33)34-27-30(7-9-35(34)49)14-25-53-26-15-38(52)48(28-31-11-16-42(43,44)17-12-31)24-21-45-20-13-32-8-10-36(50)39-40(32)54-29-37(51)46-39/h2-10,27,31,45,49-50H,11-26,28-29H2,1H3,(H,46,51). The van der Waals surface area contributed by atoms with Crippen LogP contribution in [0.2, 0.25) is 0 Å². The van der Waals surface area contributed by atoms with Crippen molar-refractivity contribution in [3.63, 3.8) is 0 Å². The number of rotatable bonds is 16. The summed E-state index contributed by atoms with van der Waals surface area (Å²) in [6.45, 7) is 4.38. The highest BCUT2D eigenvalue weighted by molar-refractivity contribution is 5.97. The van der Waals surface area contributed by atoms with E-state index < -0.39 is 5.92 Å². The first-order valence-corrected chi connectivity index (χ1v) is 19.3. The number of anilines is 1. The van der Waals surface area contributed by atoms with E-state index in [4.69, 9.17) is 9.47 Å². The highest BCUT2D eigenvalue weighted by Crippen LogP contribution is 2.45. The summed E-state index contributed by atoms with van der Waals surface area (Å²) in [7, 11) is 2.13. The van der Waals surface area contributed by atoms with Crippen molar-refractivity contribution >= 4 is 17.5 Å². The number of hydrogen-bond donors (Lipinski definition) is 4. The minimum absolute atomic E-state index is 0.0257. The molecule has 0 spiro atoms. The predicted octanol–water partition coefficient (Wildman–Crippen LogP) is 5.88. The molecule has 0 aromatic heterocycles. The van der Waals surface area contributed by atoms with Gasteiger partial charge in [0.15, 0.2) is 12.4 Å². The van der Waals surface area contributed by atoms with Gasteiger partial charge in [-0.05, 0) is 99.9 Å². The minimum Gasteiger partial charge on any atom is -0.508 e. The third kappa shape index (κ3) is 9.88. The van der Waals surface area contributed by atoms with Gasteiger partial charge in [-0.15, -0.1) is 0 Å². The van der Waals surface area contributed by atoms with Crippen LogP contribution < -0.4 is 15.4 Å². The van der Waals surface area contributed by atoms with Crippen molar-refractivity contribution in [1.29, 1.82) is 0 Å². The molecule has 3 aliphatic rings. The number of nitrogens with one attached hydrogen (secondary N) is 2. The molecule has 54 heavy (non-hydrogen) atoms. The van der Waals surface area contributed by atoms with Gasteiger partial charge in [-0.25, -0.2) is 8.78 Å². The summed E-state index contributed by atoms with van der Waals surface area (Å²) in [5, 5.41) is 27.3. The minimum atomic E-state index is -2.63. The second-order valence-electron chi connectivity index (χ2n) is 15.1. The SMILES string of the molecule is CN1CCC(c2ccccc2)(c2cc(CCOCCC(=O)N(CCNCCc3ccc(O)c4c3OCC(=O)N4)CC3CCC(F)(F)CC3)ccc2O)CC1. The first kappa shape index (κ1) is 39.4. The molecule has 2 heterocycles. The average Bonchev–Trinajstić information content (AvgIpc) is 3.17. The van der Waals surface area contributed by atoms with Gasteiger partial charge in [-0.1, -0.05) is 48.5 Å². The first-order chi connectivity index (χ1) is 26.0. The monoisotopic (exact) mass is 748 g/mol. The highest BCUT2D eigenvalue weighted by atomic mass is 19.3. The number of halogens is 2. The summed E-state index contributed by atoms with van der Waals surface area (Å²) in [6.07, 6.45) is 3.70. The summed E-state index contributed by atoms with van der Waals surface area (Å²) < 4.78 is 39.3. The number of benzene rings is 3. The van der Waals surface area contributed by atoms with E-state index >= 15 is 0 Å². The Bertz CT molecular complexity index is 1720. The molecular formula is C42H54F2N4O6. The Balaban J connectivity index is 1.00. The van der Waals surface area contributed by atoms with E-state index in [0.29, 0.717) is 70.0 Å². The third-order valence-electron chi connectivity index (χ3n) is 11.4. The largest absolute Gasteiger partial charge is 0.508 e. The van der Waals surface area contributed by atoms with Gasteiger partial charge < -0.3 is 40.1 Å². The number of fused-ring (bicyclic) bond motifs is 1. The Morgan fingerprint density at radius 3 is 2.48 bits per heavy atom. The van der Waals surface area contributed by atoms with Crippen LogP contribution in [0.15, 0.2) is 60.7 Å². The van der Waals surface area contributed by atoms with Crippen LogP contribution in [-0.2, 0) is 32.6 Å². The number of ether oxygens (including phenoxy) is 2. The number of carbonyl (C=O) groups excluding carboxylic acids is 2. The summed E-state index contributed by atoms with van der Waals surface area (Å²) >= 11 is 0. The molecule has 2 amide bonds. The van der Waals surface area contributed by atoms with Crippen molar-refractivity contribution in [1.82, 2.24) is 15.1 Å². The van der Waals surface area contributed by atoms with Crippen molar-refractivity contribution in [2.45, 2.75) is 69.1 Å². The molecule has 6 rings (SSSR count). The number of amides is 2. The van der Waals surface area contributed by atoms with Gasteiger partial charge in [0.2, 0.25) is 11.8 Å². The lowest BCUT2D eigenvalue weighted by molar-refractivity contribution is -0.133. The summed E-state index contributed by atoms with van der Waals surface area (Å²) in [5.41, 5.74) is 4.07. The van der Waals surface area contributed by atoms with E-state index in [-0.39, 0.29) is 67.1 Å². The van der Waals surface area contributed by atoms with E-state index in [0.717, 1.165) is 42.6 Å². The van der Waals surface area contributed by atoms with E-state index in [1.54, 1.807) is 17.0 Å². The number of nitrogens with zero attached hydrogens (tertiary/aromatic N) is 2. The molecule has 12 heteroatoms. The van der Waals surface area contributed by atoms with Gasteiger partial charge in [0, 0.05) is 43.5 Å². The maximum absolute atomic E-state index is 13.9. The van der Waals surface area contributed by atoms with E-state index in [2.05, 4.69) is 52.9 Å². The molecule has 1 saturated carbocycles. The number of alkyl halides is 2. The second kappa shape index (κ2) is 17.9. The lowest BCUT2D eigenvalue weighted by Gasteiger charge is -2.42. The molecule has 3 aromatic rings. The number of aromatic hydroxyl groups is 2. The zero-order valence-electron chi connectivity index (χ0n) is 31.3. The molecule has 2 aliphatic heterocycles. The highest BCUT2D eigenvalue weighted by Gasteiger charge is 2.39. The molecule has 10 nitrogen and oxygen atoms in total. The van der Waals surface area contributed by atoms with E-state index in [9.17, 15) is 28.6 Å². The van der Waals surface area contributed by atoms with Crippen molar-refractivity contribution in [2.24, 2.45) is 5.92 Å². The molecule has 0 bridgehead atoms. The van der Waals surface area contributed by atoms with Crippen LogP contribution >= 0.6 is 0 Å². The molecule has 3 aromatic carbocycles. The third-order valence-corrected chi connectivity index (χ3v) is 11.4. The number of likely N-dealkylation sites (tertiary alicyclic amines) is 1. The van der Waals surface area contributed by atoms with Gasteiger partial charge in [0.1, 0.15) is 17.2 Å². The number of phenols is 2. The maximum Gasteiger partial charge on any atom is 0.262 e. The lowest BCUT2D eigenvalue weighted by atomic mass is 9.67. The van der Waals surface area contributed by atoms with Crippen molar-refractivity contribution in [2.75, 3.05) is 71.5 Å². The molecule has 292 valence electrons. The van der Waals surface area contributed by atoms with Crippen LogP contribution in [0.5, 0.6) is 17.2 Å². The lowest BCUT2D eigenvalue weighted by Crippen LogP contribution is -2.42. The van der Waals surface area contributed by atoms with Crippen molar-refractivity contribution in [3.05, 3.63) is 82.9 Å². The molecular weight excluding hydrogens is 694 g/mol. The van der Waals surface area contributed by atoms with Gasteiger partial charge in [0.25, 0.3) is 5.91 Å². The summed E-state index contributed by atoms with van der Waals surface area (Å²) in [4.78, 5) is 29.3. The van der Waals surface area contributed by atoms with Gasteiger partial charge in [0.05, 0.1) is 19.6 Å². The topological polar surface area (TPSA) is 124 Å². The fourth-order valence-corrected chi connectivity index (χ4v) is 8.09. The number of hydrogen-bond acceptors (Lipinski definition) is 8. The maximum atomic E-state index is 13.9. The van der Waals surface area contributed by atoms with Crippen LogP contribution in [-0.4, -0.2) is 104 Å². The fraction of sp³-hybridized carbons (Fsp3) is 0.524. The van der Waals surface area contributed by atoms with E-state index in [1.807, 2.05) is 12.1 Å². The number of phenolic OH excluding ortho intramolecular Hbond substituents is 2. The molecule has 1 aliphatic carbocycles. The zero-order chi connectivity index (χ0) is 38.1. The first-order valence-electron chi connectivity index (χ1n) is 19.3. The fourth-order valence-electron chi connectivity index (χ4n) is 8.09. The molecule has 1 saturated heterocycles. The molecule has 0 radical (unpaired) electrons. The second-order valence-corrected chi connectivity index (χ2v) is 15.1. The quantitative estimate of drug-likeness (QED) is 0.106. The predicted molar refractivity (Wildman–Crippen MR) is 203 cm³/mol. The van der Waals surface area contributed by atoms with Crippen LogP contribution in [0, 0.1) is 5.92 Å². The molecule has 0 atom stereocenters. The Labute approximate surface area is 316 Å².